The van der Waals surface area contributed by atoms with Gasteiger partial charge in [0.15, 0.2) is 0 Å². The molecule has 1 amide bonds. The van der Waals surface area contributed by atoms with Gasteiger partial charge in [0.25, 0.3) is 0 Å². The molecule has 0 aliphatic heterocycles. The van der Waals surface area contributed by atoms with Gasteiger partial charge in [0, 0.05) is 11.8 Å². The average molecular weight is 286 g/mol. The number of carbonyl (C=O) groups excluding carboxylic acids is 1. The Morgan fingerprint density at radius 3 is 2.62 bits per heavy atom. The molecule has 6 heteroatoms. The van der Waals surface area contributed by atoms with Gasteiger partial charge in [0.2, 0.25) is 5.91 Å². The van der Waals surface area contributed by atoms with Gasteiger partial charge >= 0.3 is 5.88 Å². The van der Waals surface area contributed by atoms with E-state index < -0.39 is 4.92 Å². The van der Waals surface area contributed by atoms with E-state index in [2.05, 4.69) is 5.32 Å². The predicted molar refractivity (Wildman–Crippen MR) is 78.9 cm³/mol. The largest absolute Gasteiger partial charge is 0.433 e. The first-order valence-electron chi connectivity index (χ1n) is 6.26. The van der Waals surface area contributed by atoms with E-state index in [4.69, 9.17) is 4.42 Å². The zero-order chi connectivity index (χ0) is 15.4. The second-order valence-corrected chi connectivity index (χ2v) is 4.55. The van der Waals surface area contributed by atoms with Crippen LogP contribution in [0.15, 0.2) is 40.8 Å². The zero-order valence-corrected chi connectivity index (χ0v) is 11.6. The van der Waals surface area contributed by atoms with Crippen LogP contribution in [0.4, 0.5) is 11.6 Å². The fourth-order valence-corrected chi connectivity index (χ4v) is 1.69. The van der Waals surface area contributed by atoms with Crippen molar-refractivity contribution in [2.75, 3.05) is 5.32 Å². The molecule has 1 N–H and O–H groups in total. The molecule has 1 aromatic carbocycles. The Bertz CT molecular complexity index is 716. The molecule has 6 nitrogen and oxygen atoms in total. The van der Waals surface area contributed by atoms with Crippen LogP contribution in [0.3, 0.4) is 0 Å². The van der Waals surface area contributed by atoms with Crippen LogP contribution >= 0.6 is 0 Å². The number of nitro groups is 1. The van der Waals surface area contributed by atoms with E-state index >= 15 is 0 Å². The van der Waals surface area contributed by atoms with Crippen LogP contribution in [0.2, 0.25) is 0 Å². The normalized spacial score (nSPS) is 10.8. The molecule has 0 saturated carbocycles. The van der Waals surface area contributed by atoms with Crippen LogP contribution in [0.25, 0.3) is 6.08 Å². The average Bonchev–Trinajstić information content (AvgIpc) is 2.90. The van der Waals surface area contributed by atoms with Crippen molar-refractivity contribution in [3.63, 3.8) is 0 Å². The highest BCUT2D eigenvalue weighted by molar-refractivity contribution is 6.01. The fraction of sp³-hybridized carbons (Fsp3) is 0.133. The highest BCUT2D eigenvalue weighted by Crippen LogP contribution is 2.17. The molecule has 0 unspecified atom stereocenters. The minimum atomic E-state index is -0.632. The van der Waals surface area contributed by atoms with Crippen molar-refractivity contribution in [2.45, 2.75) is 13.8 Å². The Hall–Kier alpha value is -2.89. The minimum absolute atomic E-state index is 0.247. The molecule has 2 rings (SSSR count). The van der Waals surface area contributed by atoms with Gasteiger partial charge in [-0.15, -0.1) is 0 Å². The lowest BCUT2D eigenvalue weighted by molar-refractivity contribution is -0.402. The quantitative estimate of drug-likeness (QED) is 0.530. The molecule has 0 fully saturated rings. The highest BCUT2D eigenvalue weighted by atomic mass is 16.6. The predicted octanol–water partition coefficient (Wildman–Crippen LogP) is 3.46. The lowest BCUT2D eigenvalue weighted by Crippen LogP contribution is -2.07. The molecular formula is C15H14N2O4. The number of aryl methyl sites for hydroxylation is 2. The van der Waals surface area contributed by atoms with Crippen molar-refractivity contribution in [1.82, 2.24) is 0 Å². The Balaban J connectivity index is 2.01. The molecule has 0 atom stereocenters. The number of benzene rings is 1. The second-order valence-electron chi connectivity index (χ2n) is 4.55. The van der Waals surface area contributed by atoms with Crippen LogP contribution in [-0.4, -0.2) is 10.8 Å². The minimum Gasteiger partial charge on any atom is -0.401 e. The van der Waals surface area contributed by atoms with Gasteiger partial charge in [-0.2, -0.15) is 0 Å². The van der Waals surface area contributed by atoms with Crippen LogP contribution in [0, 0.1) is 24.0 Å². The summed E-state index contributed by atoms with van der Waals surface area (Å²) in [4.78, 5) is 21.6. The van der Waals surface area contributed by atoms with Crippen molar-refractivity contribution >= 4 is 23.6 Å². The summed E-state index contributed by atoms with van der Waals surface area (Å²) in [5, 5.41) is 13.2. The number of amides is 1. The molecule has 0 saturated heterocycles. The summed E-state index contributed by atoms with van der Waals surface area (Å²) in [5.74, 6) is -0.446. The summed E-state index contributed by atoms with van der Waals surface area (Å²) in [6, 6.07) is 8.27. The summed E-state index contributed by atoms with van der Waals surface area (Å²) >= 11 is 0. The van der Waals surface area contributed by atoms with E-state index in [-0.39, 0.29) is 17.6 Å². The monoisotopic (exact) mass is 286 g/mol. The van der Waals surface area contributed by atoms with E-state index in [1.807, 2.05) is 32.0 Å². The highest BCUT2D eigenvalue weighted by Gasteiger charge is 2.10. The number of hydrogen-bond acceptors (Lipinski definition) is 4. The van der Waals surface area contributed by atoms with Gasteiger partial charge in [-0.25, -0.2) is 0 Å². The van der Waals surface area contributed by atoms with E-state index in [1.165, 1.54) is 24.3 Å². The van der Waals surface area contributed by atoms with Crippen LogP contribution in [0.1, 0.15) is 16.9 Å². The van der Waals surface area contributed by atoms with Crippen molar-refractivity contribution < 1.29 is 14.1 Å². The lowest BCUT2D eigenvalue weighted by Gasteiger charge is -2.05. The molecular weight excluding hydrogens is 272 g/mol. The molecule has 0 aliphatic carbocycles. The number of nitrogens with one attached hydrogen (secondary N) is 1. The Morgan fingerprint density at radius 1 is 1.24 bits per heavy atom. The summed E-state index contributed by atoms with van der Waals surface area (Å²) in [6.45, 7) is 3.95. The molecule has 0 aliphatic rings. The van der Waals surface area contributed by atoms with Gasteiger partial charge in [-0.3, -0.25) is 14.9 Å². The number of carbonyl (C=O) groups is 1. The van der Waals surface area contributed by atoms with Crippen molar-refractivity contribution in [2.24, 2.45) is 0 Å². The lowest BCUT2D eigenvalue weighted by atomic mass is 10.1. The van der Waals surface area contributed by atoms with Crippen LogP contribution < -0.4 is 5.32 Å². The number of furan rings is 1. The number of nitrogens with zero attached hydrogens (tertiary/aromatic N) is 1. The number of anilines is 1. The van der Waals surface area contributed by atoms with E-state index in [1.54, 1.807) is 0 Å². The Labute approximate surface area is 121 Å². The Kier molecular flexibility index (Phi) is 4.18. The van der Waals surface area contributed by atoms with Gasteiger partial charge in [-0.05, 0) is 49.2 Å². The van der Waals surface area contributed by atoms with Crippen molar-refractivity contribution in [3.05, 3.63) is 63.4 Å². The first-order chi connectivity index (χ1) is 9.95. The molecule has 0 spiro atoms. The fourth-order valence-electron chi connectivity index (χ4n) is 1.69. The third kappa shape index (κ3) is 3.79. The number of rotatable bonds is 4. The first kappa shape index (κ1) is 14.5. The van der Waals surface area contributed by atoms with Gasteiger partial charge in [0.05, 0.1) is 6.07 Å². The summed E-state index contributed by atoms with van der Waals surface area (Å²) < 4.78 is 4.91. The molecule has 2 aromatic rings. The topological polar surface area (TPSA) is 85.4 Å². The van der Waals surface area contributed by atoms with Crippen molar-refractivity contribution in [1.29, 1.82) is 0 Å². The number of hydrogen-bond donors (Lipinski definition) is 1. The maximum absolute atomic E-state index is 11.7. The SMILES string of the molecule is Cc1ccc(NC(=O)/C=C/c2ccc([N+](=O)[O-])o2)cc1C. The van der Waals surface area contributed by atoms with Crippen LogP contribution in [0.5, 0.6) is 0 Å². The van der Waals surface area contributed by atoms with Gasteiger partial charge in [0.1, 0.15) is 10.7 Å². The standard InChI is InChI=1S/C15H14N2O4/c1-10-3-4-12(9-11(10)2)16-14(18)7-5-13-6-8-15(21-13)17(19)20/h3-9H,1-2H3,(H,16,18)/b7-5+. The van der Waals surface area contributed by atoms with Crippen molar-refractivity contribution in [3.8, 4) is 0 Å². The molecule has 0 bridgehead atoms. The van der Waals surface area contributed by atoms with Gasteiger partial charge in [-0.1, -0.05) is 6.07 Å². The molecule has 0 radical (unpaired) electrons. The summed E-state index contributed by atoms with van der Waals surface area (Å²) in [6.07, 6.45) is 2.64. The third-order valence-electron chi connectivity index (χ3n) is 2.97. The molecule has 108 valence electrons. The first-order valence-corrected chi connectivity index (χ1v) is 6.26. The molecule has 1 aromatic heterocycles. The maximum Gasteiger partial charge on any atom is 0.433 e. The van der Waals surface area contributed by atoms with E-state index in [9.17, 15) is 14.9 Å². The smallest absolute Gasteiger partial charge is 0.401 e. The Morgan fingerprint density at radius 2 is 2.00 bits per heavy atom. The molecule has 1 heterocycles. The second kappa shape index (κ2) is 6.04. The zero-order valence-electron chi connectivity index (χ0n) is 11.6. The van der Waals surface area contributed by atoms with Gasteiger partial charge < -0.3 is 9.73 Å². The van der Waals surface area contributed by atoms with E-state index in [0.29, 0.717) is 5.69 Å². The molecule has 21 heavy (non-hydrogen) atoms. The van der Waals surface area contributed by atoms with E-state index in [0.717, 1.165) is 11.1 Å². The summed E-state index contributed by atoms with van der Waals surface area (Å²) in [7, 11) is 0. The summed E-state index contributed by atoms with van der Waals surface area (Å²) in [5.41, 5.74) is 2.92. The van der Waals surface area contributed by atoms with Crippen LogP contribution in [-0.2, 0) is 4.79 Å². The maximum atomic E-state index is 11.7. The third-order valence-corrected chi connectivity index (χ3v) is 2.97.